The fourth-order valence-corrected chi connectivity index (χ4v) is 2.27. The van der Waals surface area contributed by atoms with E-state index < -0.39 is 11.7 Å². The standard InChI is InChI=1S/C11H9ClF3N5/c12-8-3-7(11(13,14)15)4-9(17-8)19-1-2-20-6-16-18-10(20)5-19/h3-4,6H,1-2,5H2. The molecule has 0 aliphatic carbocycles. The molecule has 3 rings (SSSR count). The Morgan fingerprint density at radius 2 is 2.00 bits per heavy atom. The molecular formula is C11H9ClF3N5. The molecule has 0 fully saturated rings. The van der Waals surface area contributed by atoms with Crippen molar-refractivity contribution in [1.29, 1.82) is 0 Å². The van der Waals surface area contributed by atoms with Gasteiger partial charge in [-0.3, -0.25) is 0 Å². The first-order valence-corrected chi connectivity index (χ1v) is 6.18. The molecular weight excluding hydrogens is 295 g/mol. The minimum Gasteiger partial charge on any atom is -0.347 e. The summed E-state index contributed by atoms with van der Waals surface area (Å²) in [6, 6.07) is 1.81. The minimum absolute atomic E-state index is 0.179. The van der Waals surface area contributed by atoms with Gasteiger partial charge in [0.25, 0.3) is 0 Å². The zero-order valence-electron chi connectivity index (χ0n) is 10.1. The van der Waals surface area contributed by atoms with Gasteiger partial charge in [-0.15, -0.1) is 10.2 Å². The summed E-state index contributed by atoms with van der Waals surface area (Å²) in [5.41, 5.74) is -0.806. The first-order valence-electron chi connectivity index (χ1n) is 5.80. The summed E-state index contributed by atoms with van der Waals surface area (Å²) in [5.74, 6) is 0.880. The number of pyridine rings is 1. The molecule has 5 nitrogen and oxygen atoms in total. The number of hydrogen-bond acceptors (Lipinski definition) is 4. The van der Waals surface area contributed by atoms with Gasteiger partial charge in [0.2, 0.25) is 0 Å². The van der Waals surface area contributed by atoms with E-state index in [0.29, 0.717) is 25.5 Å². The second-order valence-electron chi connectivity index (χ2n) is 4.40. The van der Waals surface area contributed by atoms with Crippen LogP contribution in [0.5, 0.6) is 0 Å². The first kappa shape index (κ1) is 13.2. The van der Waals surface area contributed by atoms with Crippen molar-refractivity contribution < 1.29 is 13.2 Å². The Morgan fingerprint density at radius 3 is 2.75 bits per heavy atom. The molecule has 2 aromatic heterocycles. The van der Waals surface area contributed by atoms with E-state index in [1.807, 2.05) is 4.57 Å². The van der Waals surface area contributed by atoms with Gasteiger partial charge in [0.1, 0.15) is 17.3 Å². The molecule has 20 heavy (non-hydrogen) atoms. The average molecular weight is 304 g/mol. The van der Waals surface area contributed by atoms with E-state index in [1.54, 1.807) is 11.2 Å². The summed E-state index contributed by atoms with van der Waals surface area (Å²) in [6.07, 6.45) is -2.85. The van der Waals surface area contributed by atoms with E-state index in [1.165, 1.54) is 0 Å². The minimum atomic E-state index is -4.45. The highest BCUT2D eigenvalue weighted by molar-refractivity contribution is 6.29. The highest BCUT2D eigenvalue weighted by Gasteiger charge is 2.32. The van der Waals surface area contributed by atoms with Crippen LogP contribution >= 0.6 is 11.6 Å². The van der Waals surface area contributed by atoms with Gasteiger partial charge in [0.05, 0.1) is 12.1 Å². The normalized spacial score (nSPS) is 15.3. The molecule has 0 atom stereocenters. The molecule has 0 aromatic carbocycles. The molecule has 0 radical (unpaired) electrons. The van der Waals surface area contributed by atoms with Crippen molar-refractivity contribution in [2.45, 2.75) is 19.3 Å². The predicted molar refractivity (Wildman–Crippen MR) is 65.3 cm³/mol. The molecule has 9 heteroatoms. The third-order valence-corrected chi connectivity index (χ3v) is 3.26. The quantitative estimate of drug-likeness (QED) is 0.759. The number of aromatic nitrogens is 4. The molecule has 1 aliphatic rings. The van der Waals surface area contributed by atoms with Crippen molar-refractivity contribution in [2.24, 2.45) is 0 Å². The Morgan fingerprint density at radius 1 is 1.20 bits per heavy atom. The Labute approximate surface area is 117 Å². The monoisotopic (exact) mass is 303 g/mol. The smallest absolute Gasteiger partial charge is 0.347 e. The van der Waals surface area contributed by atoms with Gasteiger partial charge in [-0.1, -0.05) is 11.6 Å². The van der Waals surface area contributed by atoms with Gasteiger partial charge < -0.3 is 9.47 Å². The van der Waals surface area contributed by atoms with Gasteiger partial charge in [0, 0.05) is 13.1 Å². The maximum absolute atomic E-state index is 12.8. The number of nitrogens with zero attached hydrogens (tertiary/aromatic N) is 5. The summed E-state index contributed by atoms with van der Waals surface area (Å²) >= 11 is 5.68. The highest BCUT2D eigenvalue weighted by Crippen LogP contribution is 2.33. The topological polar surface area (TPSA) is 46.8 Å². The zero-order valence-corrected chi connectivity index (χ0v) is 10.9. The van der Waals surface area contributed by atoms with E-state index in [2.05, 4.69) is 15.2 Å². The van der Waals surface area contributed by atoms with Crippen LogP contribution < -0.4 is 4.90 Å². The summed E-state index contributed by atoms with van der Waals surface area (Å²) in [4.78, 5) is 5.66. The van der Waals surface area contributed by atoms with Gasteiger partial charge in [0.15, 0.2) is 5.82 Å². The Hall–Kier alpha value is -1.83. The first-order chi connectivity index (χ1) is 9.43. The van der Waals surface area contributed by atoms with E-state index in [4.69, 9.17) is 11.6 Å². The molecule has 1 aliphatic heterocycles. The molecule has 0 amide bonds. The lowest BCUT2D eigenvalue weighted by Crippen LogP contribution is -2.34. The lowest BCUT2D eigenvalue weighted by molar-refractivity contribution is -0.137. The Bertz CT molecular complexity index is 639. The third-order valence-electron chi connectivity index (χ3n) is 3.07. The average Bonchev–Trinajstić information content (AvgIpc) is 2.84. The molecule has 2 aromatic rings. The summed E-state index contributed by atoms with van der Waals surface area (Å²) in [5, 5.41) is 7.50. The molecule has 3 heterocycles. The van der Waals surface area contributed by atoms with Crippen molar-refractivity contribution in [2.75, 3.05) is 11.4 Å². The number of rotatable bonds is 1. The van der Waals surface area contributed by atoms with Crippen LogP contribution in [0, 0.1) is 0 Å². The largest absolute Gasteiger partial charge is 0.416 e. The summed E-state index contributed by atoms with van der Waals surface area (Å²) < 4.78 is 40.2. The summed E-state index contributed by atoms with van der Waals surface area (Å²) in [7, 11) is 0. The summed E-state index contributed by atoms with van der Waals surface area (Å²) in [6.45, 7) is 1.47. The van der Waals surface area contributed by atoms with E-state index >= 15 is 0 Å². The second-order valence-corrected chi connectivity index (χ2v) is 4.78. The van der Waals surface area contributed by atoms with E-state index in [9.17, 15) is 13.2 Å². The lowest BCUT2D eigenvalue weighted by Gasteiger charge is -2.28. The van der Waals surface area contributed by atoms with Crippen LogP contribution in [0.1, 0.15) is 11.4 Å². The Kier molecular flexibility index (Phi) is 3.04. The molecule has 0 saturated carbocycles. The van der Waals surface area contributed by atoms with Crippen LogP contribution in [0.25, 0.3) is 0 Å². The Balaban J connectivity index is 1.93. The van der Waals surface area contributed by atoms with Crippen LogP contribution in [0.3, 0.4) is 0 Å². The maximum Gasteiger partial charge on any atom is 0.416 e. The van der Waals surface area contributed by atoms with Crippen LogP contribution in [-0.2, 0) is 19.3 Å². The number of hydrogen-bond donors (Lipinski definition) is 0. The zero-order chi connectivity index (χ0) is 14.3. The van der Waals surface area contributed by atoms with Crippen LogP contribution in [-0.4, -0.2) is 26.3 Å². The number of fused-ring (bicyclic) bond motifs is 1. The van der Waals surface area contributed by atoms with E-state index in [-0.39, 0.29) is 11.0 Å². The van der Waals surface area contributed by atoms with Gasteiger partial charge in [-0.05, 0) is 12.1 Å². The molecule has 106 valence electrons. The number of alkyl halides is 3. The highest BCUT2D eigenvalue weighted by atomic mass is 35.5. The van der Waals surface area contributed by atoms with Gasteiger partial charge >= 0.3 is 6.18 Å². The molecule has 0 N–H and O–H groups in total. The van der Waals surface area contributed by atoms with Crippen molar-refractivity contribution in [3.05, 3.63) is 35.0 Å². The van der Waals surface area contributed by atoms with Crippen molar-refractivity contribution >= 4 is 17.4 Å². The van der Waals surface area contributed by atoms with Crippen LogP contribution in [0.4, 0.5) is 19.0 Å². The molecule has 0 bridgehead atoms. The van der Waals surface area contributed by atoms with Crippen LogP contribution in [0.2, 0.25) is 5.15 Å². The fourth-order valence-electron chi connectivity index (χ4n) is 2.07. The number of halogens is 4. The molecule has 0 saturated heterocycles. The van der Waals surface area contributed by atoms with Crippen molar-refractivity contribution in [3.63, 3.8) is 0 Å². The fraction of sp³-hybridized carbons (Fsp3) is 0.364. The van der Waals surface area contributed by atoms with Crippen LogP contribution in [0.15, 0.2) is 18.5 Å². The van der Waals surface area contributed by atoms with E-state index in [0.717, 1.165) is 12.1 Å². The van der Waals surface area contributed by atoms with Gasteiger partial charge in [-0.25, -0.2) is 4.98 Å². The maximum atomic E-state index is 12.8. The van der Waals surface area contributed by atoms with Crippen molar-refractivity contribution in [1.82, 2.24) is 19.7 Å². The molecule has 0 spiro atoms. The van der Waals surface area contributed by atoms with Crippen molar-refractivity contribution in [3.8, 4) is 0 Å². The lowest BCUT2D eigenvalue weighted by atomic mass is 10.2. The second kappa shape index (κ2) is 4.62. The SMILES string of the molecule is FC(F)(F)c1cc(Cl)nc(N2CCn3cnnc3C2)c1. The predicted octanol–water partition coefficient (Wildman–Crippen LogP) is 2.37. The third kappa shape index (κ3) is 2.43. The molecule has 0 unspecified atom stereocenters. The number of anilines is 1. The van der Waals surface area contributed by atoms with Gasteiger partial charge in [-0.2, -0.15) is 13.2 Å².